The van der Waals surface area contributed by atoms with Crippen LogP contribution in [0.3, 0.4) is 0 Å². The number of aliphatic hydroxyl groups is 1. The average molecular weight is 258 g/mol. The second-order valence-corrected chi connectivity index (χ2v) is 6.47. The molecule has 0 bridgehead atoms. The molecule has 0 heterocycles. The van der Waals surface area contributed by atoms with Crippen molar-refractivity contribution in [3.05, 3.63) is 28.8 Å². The first-order valence-corrected chi connectivity index (χ1v) is 7.31. The quantitative estimate of drug-likeness (QED) is 0.886. The van der Waals surface area contributed by atoms with Crippen LogP contribution >= 0.6 is 0 Å². The second kappa shape index (κ2) is 5.06. The van der Waals surface area contributed by atoms with Crippen molar-refractivity contribution in [2.75, 3.05) is 19.1 Å². The summed E-state index contributed by atoms with van der Waals surface area (Å²) in [5, 5.41) is 9.91. The highest BCUT2D eigenvalue weighted by Gasteiger charge is 2.17. The smallest absolute Gasteiger partial charge is 0.150 e. The number of ether oxygens (including phenoxy) is 1. The van der Waals surface area contributed by atoms with Crippen molar-refractivity contribution in [3.8, 4) is 5.75 Å². The molecule has 1 rings (SSSR count). The lowest BCUT2D eigenvalue weighted by atomic mass is 10.0. The van der Waals surface area contributed by atoms with Crippen molar-refractivity contribution in [2.24, 2.45) is 0 Å². The largest absolute Gasteiger partial charge is 0.496 e. The number of aliphatic hydroxyl groups excluding tert-OH is 1. The standard InChI is InChI=1S/C12H18O4S/c1-8-6-12(16-3)9(2)5-10(8)11(13)7-17(4,14)15/h5-6,11,13H,7H2,1-4H3. The SMILES string of the molecule is COc1cc(C)c(C(O)CS(C)(=O)=O)cc1C. The minimum Gasteiger partial charge on any atom is -0.496 e. The summed E-state index contributed by atoms with van der Waals surface area (Å²) in [6.07, 6.45) is 0.122. The molecular formula is C12H18O4S. The molecule has 1 atom stereocenters. The first-order chi connectivity index (χ1) is 7.74. The van der Waals surface area contributed by atoms with Gasteiger partial charge in [-0.05, 0) is 42.7 Å². The molecule has 0 saturated heterocycles. The molecule has 1 aromatic carbocycles. The number of methoxy groups -OCH3 is 1. The number of rotatable bonds is 4. The lowest BCUT2D eigenvalue weighted by Gasteiger charge is -2.15. The van der Waals surface area contributed by atoms with Crippen molar-refractivity contribution >= 4 is 9.84 Å². The topological polar surface area (TPSA) is 63.6 Å². The summed E-state index contributed by atoms with van der Waals surface area (Å²) in [5.41, 5.74) is 2.33. The van der Waals surface area contributed by atoms with Crippen LogP contribution in [0.5, 0.6) is 5.75 Å². The van der Waals surface area contributed by atoms with Gasteiger partial charge in [-0.15, -0.1) is 0 Å². The van der Waals surface area contributed by atoms with Crippen LogP contribution in [0, 0.1) is 13.8 Å². The van der Waals surface area contributed by atoms with Crippen LogP contribution < -0.4 is 4.74 Å². The van der Waals surface area contributed by atoms with Gasteiger partial charge in [-0.2, -0.15) is 0 Å². The zero-order chi connectivity index (χ0) is 13.2. The molecule has 0 aliphatic rings. The van der Waals surface area contributed by atoms with Crippen LogP contribution in [0.2, 0.25) is 0 Å². The van der Waals surface area contributed by atoms with Gasteiger partial charge in [-0.1, -0.05) is 0 Å². The Kier molecular flexibility index (Phi) is 4.16. The minimum absolute atomic E-state index is 0.264. The predicted octanol–water partition coefficient (Wildman–Crippen LogP) is 1.39. The summed E-state index contributed by atoms with van der Waals surface area (Å²) in [5.74, 6) is 0.470. The van der Waals surface area contributed by atoms with Gasteiger partial charge >= 0.3 is 0 Å². The molecule has 0 spiro atoms. The Labute approximate surface area is 102 Å². The second-order valence-electron chi connectivity index (χ2n) is 4.29. The third-order valence-corrected chi connectivity index (χ3v) is 3.52. The van der Waals surface area contributed by atoms with Crippen molar-refractivity contribution in [2.45, 2.75) is 20.0 Å². The van der Waals surface area contributed by atoms with E-state index in [9.17, 15) is 13.5 Å². The van der Waals surface area contributed by atoms with Crippen molar-refractivity contribution in [1.82, 2.24) is 0 Å². The first-order valence-electron chi connectivity index (χ1n) is 5.25. The maximum atomic E-state index is 11.1. The Balaban J connectivity index is 3.11. The van der Waals surface area contributed by atoms with Gasteiger partial charge in [0, 0.05) is 6.26 Å². The Bertz CT molecular complexity index is 505. The van der Waals surface area contributed by atoms with E-state index in [2.05, 4.69) is 0 Å². The Morgan fingerprint density at radius 3 is 2.35 bits per heavy atom. The van der Waals surface area contributed by atoms with Gasteiger partial charge in [0.15, 0.2) is 0 Å². The molecule has 0 fully saturated rings. The van der Waals surface area contributed by atoms with Crippen molar-refractivity contribution < 1.29 is 18.3 Å². The van der Waals surface area contributed by atoms with E-state index in [0.717, 1.165) is 23.1 Å². The molecule has 0 aromatic heterocycles. The lowest BCUT2D eigenvalue weighted by molar-refractivity contribution is 0.201. The number of benzene rings is 1. The Hall–Kier alpha value is -1.07. The lowest BCUT2D eigenvalue weighted by Crippen LogP contribution is -2.14. The van der Waals surface area contributed by atoms with Crippen LogP contribution in [-0.2, 0) is 9.84 Å². The molecule has 1 unspecified atom stereocenters. The summed E-state index contributed by atoms with van der Waals surface area (Å²) >= 11 is 0. The maximum absolute atomic E-state index is 11.1. The number of aryl methyl sites for hydroxylation is 2. The van der Waals surface area contributed by atoms with E-state index in [1.54, 1.807) is 19.2 Å². The van der Waals surface area contributed by atoms with E-state index >= 15 is 0 Å². The Morgan fingerprint density at radius 2 is 1.88 bits per heavy atom. The molecule has 0 saturated carbocycles. The average Bonchev–Trinajstić information content (AvgIpc) is 2.18. The fourth-order valence-electron chi connectivity index (χ4n) is 1.77. The van der Waals surface area contributed by atoms with Crippen LogP contribution in [0.4, 0.5) is 0 Å². The molecule has 96 valence electrons. The highest BCUT2D eigenvalue weighted by Crippen LogP contribution is 2.27. The molecule has 4 nitrogen and oxygen atoms in total. The van der Waals surface area contributed by atoms with Crippen molar-refractivity contribution in [3.63, 3.8) is 0 Å². The fourth-order valence-corrected chi connectivity index (χ4v) is 2.52. The van der Waals surface area contributed by atoms with Gasteiger partial charge in [0.2, 0.25) is 0 Å². The number of hydrogen-bond donors (Lipinski definition) is 1. The van der Waals surface area contributed by atoms with E-state index in [4.69, 9.17) is 4.74 Å². The van der Waals surface area contributed by atoms with E-state index < -0.39 is 15.9 Å². The number of sulfone groups is 1. The van der Waals surface area contributed by atoms with Gasteiger partial charge in [-0.25, -0.2) is 8.42 Å². The number of hydrogen-bond acceptors (Lipinski definition) is 4. The van der Waals surface area contributed by atoms with Crippen LogP contribution in [0.15, 0.2) is 12.1 Å². The summed E-state index contributed by atoms with van der Waals surface area (Å²) < 4.78 is 27.5. The minimum atomic E-state index is -3.20. The molecule has 5 heteroatoms. The molecule has 17 heavy (non-hydrogen) atoms. The molecule has 0 amide bonds. The highest BCUT2D eigenvalue weighted by atomic mass is 32.2. The third kappa shape index (κ3) is 3.71. The van der Waals surface area contributed by atoms with Crippen molar-refractivity contribution in [1.29, 1.82) is 0 Å². The zero-order valence-electron chi connectivity index (χ0n) is 10.5. The van der Waals surface area contributed by atoms with Crippen LogP contribution in [-0.4, -0.2) is 32.6 Å². The zero-order valence-corrected chi connectivity index (χ0v) is 11.3. The molecule has 1 aromatic rings. The third-order valence-electron chi connectivity index (χ3n) is 2.60. The molecule has 0 aliphatic heterocycles. The molecule has 1 N–H and O–H groups in total. The van der Waals surface area contributed by atoms with Gasteiger partial charge in [0.1, 0.15) is 15.6 Å². The van der Waals surface area contributed by atoms with Gasteiger partial charge in [0.25, 0.3) is 0 Å². The van der Waals surface area contributed by atoms with Gasteiger partial charge in [0.05, 0.1) is 19.0 Å². The van der Waals surface area contributed by atoms with Crippen LogP contribution in [0.1, 0.15) is 22.8 Å². The predicted molar refractivity (Wildman–Crippen MR) is 67.1 cm³/mol. The van der Waals surface area contributed by atoms with Crippen LogP contribution in [0.25, 0.3) is 0 Å². The summed E-state index contributed by atoms with van der Waals surface area (Å²) in [4.78, 5) is 0. The molecule has 0 radical (unpaired) electrons. The first kappa shape index (κ1) is 14.0. The van der Waals surface area contributed by atoms with E-state index in [-0.39, 0.29) is 5.75 Å². The summed E-state index contributed by atoms with van der Waals surface area (Å²) in [7, 11) is -1.62. The van der Waals surface area contributed by atoms with E-state index in [0.29, 0.717) is 5.56 Å². The normalized spacial score (nSPS) is 13.5. The monoisotopic (exact) mass is 258 g/mol. The van der Waals surface area contributed by atoms with E-state index in [1.165, 1.54) is 0 Å². The summed E-state index contributed by atoms with van der Waals surface area (Å²) in [6, 6.07) is 3.57. The Morgan fingerprint density at radius 1 is 1.29 bits per heavy atom. The fraction of sp³-hybridized carbons (Fsp3) is 0.500. The molecule has 0 aliphatic carbocycles. The van der Waals surface area contributed by atoms with Gasteiger partial charge < -0.3 is 9.84 Å². The maximum Gasteiger partial charge on any atom is 0.150 e. The molecular weight excluding hydrogens is 240 g/mol. The summed E-state index contributed by atoms with van der Waals surface area (Å²) in [6.45, 7) is 3.68. The van der Waals surface area contributed by atoms with Gasteiger partial charge in [-0.3, -0.25) is 0 Å². The highest BCUT2D eigenvalue weighted by molar-refractivity contribution is 7.90. The van der Waals surface area contributed by atoms with E-state index in [1.807, 2.05) is 13.8 Å².